The molecule has 1 aliphatic rings. The molecule has 56 valence electrons. The quantitative estimate of drug-likeness (QED) is 0.495. The summed E-state index contributed by atoms with van der Waals surface area (Å²) in [5, 5.41) is 0. The Bertz CT molecular complexity index is 157. The Morgan fingerprint density at radius 2 is 2.40 bits per heavy atom. The van der Waals surface area contributed by atoms with Gasteiger partial charge in [-0.05, 0) is 32.9 Å². The average molecular weight is 137 g/mol. The zero-order valence-electron chi connectivity index (χ0n) is 6.85. The Kier molecular flexibility index (Phi) is 2.01. The Hall–Kier alpha value is -0.480. The third-order valence-corrected chi connectivity index (χ3v) is 2.48. The Morgan fingerprint density at radius 3 is 2.80 bits per heavy atom. The van der Waals surface area contributed by atoms with Gasteiger partial charge in [0.15, 0.2) is 0 Å². The van der Waals surface area contributed by atoms with Gasteiger partial charge in [0.2, 0.25) is 0 Å². The molecule has 0 N–H and O–H groups in total. The van der Waals surface area contributed by atoms with Gasteiger partial charge in [0, 0.05) is 0 Å². The smallest absolute Gasteiger partial charge is 0.0795 e. The molecule has 0 aromatic heterocycles. The Balaban J connectivity index is 2.68. The fourth-order valence-electron chi connectivity index (χ4n) is 1.69. The van der Waals surface area contributed by atoms with Crippen molar-refractivity contribution in [1.82, 2.24) is 4.90 Å². The monoisotopic (exact) mass is 137 g/mol. The second-order valence-corrected chi connectivity index (χ2v) is 3.10. The molecule has 0 bridgehead atoms. The SMILES string of the molecule is C#CC1(C)CCCN1CC. The lowest BCUT2D eigenvalue weighted by Gasteiger charge is -2.28. The topological polar surface area (TPSA) is 3.24 Å². The van der Waals surface area contributed by atoms with E-state index in [4.69, 9.17) is 6.42 Å². The van der Waals surface area contributed by atoms with Crippen LogP contribution in [0.4, 0.5) is 0 Å². The van der Waals surface area contributed by atoms with Crippen molar-refractivity contribution >= 4 is 0 Å². The van der Waals surface area contributed by atoms with E-state index in [1.165, 1.54) is 13.0 Å². The maximum Gasteiger partial charge on any atom is 0.0795 e. The molecule has 1 saturated heterocycles. The van der Waals surface area contributed by atoms with Gasteiger partial charge >= 0.3 is 0 Å². The van der Waals surface area contributed by atoms with Crippen LogP contribution in [0.3, 0.4) is 0 Å². The highest BCUT2D eigenvalue weighted by molar-refractivity contribution is 5.13. The lowest BCUT2D eigenvalue weighted by atomic mass is 10.0. The van der Waals surface area contributed by atoms with E-state index in [2.05, 4.69) is 24.7 Å². The van der Waals surface area contributed by atoms with Gasteiger partial charge in [0.1, 0.15) is 0 Å². The van der Waals surface area contributed by atoms with E-state index in [0.717, 1.165) is 13.0 Å². The zero-order valence-corrected chi connectivity index (χ0v) is 6.85. The molecule has 1 heteroatoms. The molecule has 0 aromatic rings. The summed E-state index contributed by atoms with van der Waals surface area (Å²) in [7, 11) is 0. The van der Waals surface area contributed by atoms with Crippen LogP contribution in [-0.2, 0) is 0 Å². The van der Waals surface area contributed by atoms with E-state index >= 15 is 0 Å². The van der Waals surface area contributed by atoms with Crippen molar-refractivity contribution in [2.75, 3.05) is 13.1 Å². The van der Waals surface area contributed by atoms with Gasteiger partial charge in [-0.15, -0.1) is 6.42 Å². The van der Waals surface area contributed by atoms with E-state index in [1.807, 2.05) is 0 Å². The predicted octanol–water partition coefficient (Wildman–Crippen LogP) is 1.49. The molecular weight excluding hydrogens is 122 g/mol. The summed E-state index contributed by atoms with van der Waals surface area (Å²) in [6, 6.07) is 0. The number of hydrogen-bond donors (Lipinski definition) is 0. The van der Waals surface area contributed by atoms with Crippen molar-refractivity contribution in [3.8, 4) is 12.3 Å². The zero-order chi connectivity index (χ0) is 7.61. The van der Waals surface area contributed by atoms with Crippen LogP contribution < -0.4 is 0 Å². The fraction of sp³-hybridized carbons (Fsp3) is 0.778. The van der Waals surface area contributed by atoms with Crippen LogP contribution in [0.15, 0.2) is 0 Å². The number of likely N-dealkylation sites (tertiary alicyclic amines) is 1. The van der Waals surface area contributed by atoms with Crippen LogP contribution in [0.2, 0.25) is 0 Å². The first-order valence-electron chi connectivity index (χ1n) is 3.96. The predicted molar refractivity (Wildman–Crippen MR) is 43.7 cm³/mol. The second kappa shape index (κ2) is 2.64. The lowest BCUT2D eigenvalue weighted by Crippen LogP contribution is -2.39. The second-order valence-electron chi connectivity index (χ2n) is 3.10. The van der Waals surface area contributed by atoms with Crippen LogP contribution in [0.1, 0.15) is 26.7 Å². The van der Waals surface area contributed by atoms with E-state index < -0.39 is 0 Å². The Labute approximate surface area is 63.4 Å². The summed E-state index contributed by atoms with van der Waals surface area (Å²) >= 11 is 0. The molecule has 1 aliphatic heterocycles. The molecule has 1 fully saturated rings. The van der Waals surface area contributed by atoms with Crippen LogP contribution in [0.25, 0.3) is 0 Å². The molecule has 0 spiro atoms. The number of rotatable bonds is 1. The molecular formula is C9H15N. The molecule has 0 aromatic carbocycles. The summed E-state index contributed by atoms with van der Waals surface area (Å²) < 4.78 is 0. The van der Waals surface area contributed by atoms with Gasteiger partial charge in [-0.2, -0.15) is 0 Å². The highest BCUT2D eigenvalue weighted by Gasteiger charge is 2.32. The van der Waals surface area contributed by atoms with Gasteiger partial charge in [0.25, 0.3) is 0 Å². The van der Waals surface area contributed by atoms with Crippen LogP contribution in [0, 0.1) is 12.3 Å². The fourth-order valence-corrected chi connectivity index (χ4v) is 1.69. The molecule has 10 heavy (non-hydrogen) atoms. The minimum absolute atomic E-state index is 0.0642. The third kappa shape index (κ3) is 1.04. The van der Waals surface area contributed by atoms with Gasteiger partial charge in [-0.3, -0.25) is 4.90 Å². The highest BCUT2D eigenvalue weighted by Crippen LogP contribution is 2.27. The molecule has 1 rings (SSSR count). The molecule has 0 saturated carbocycles. The van der Waals surface area contributed by atoms with Crippen molar-refractivity contribution in [2.24, 2.45) is 0 Å². The van der Waals surface area contributed by atoms with Gasteiger partial charge in [0.05, 0.1) is 5.54 Å². The van der Waals surface area contributed by atoms with Gasteiger partial charge < -0.3 is 0 Å². The molecule has 1 nitrogen and oxygen atoms in total. The first kappa shape index (κ1) is 7.63. The number of hydrogen-bond acceptors (Lipinski definition) is 1. The van der Waals surface area contributed by atoms with E-state index in [-0.39, 0.29) is 5.54 Å². The lowest BCUT2D eigenvalue weighted by molar-refractivity contribution is 0.224. The third-order valence-electron chi connectivity index (χ3n) is 2.48. The summed E-state index contributed by atoms with van der Waals surface area (Å²) in [4.78, 5) is 2.37. The van der Waals surface area contributed by atoms with E-state index in [0.29, 0.717) is 0 Å². The summed E-state index contributed by atoms with van der Waals surface area (Å²) in [6.07, 6.45) is 7.86. The van der Waals surface area contributed by atoms with Crippen LogP contribution >= 0.6 is 0 Å². The van der Waals surface area contributed by atoms with Gasteiger partial charge in [-0.25, -0.2) is 0 Å². The minimum atomic E-state index is 0.0642. The number of terminal acetylenes is 1. The average Bonchev–Trinajstić information content (AvgIpc) is 2.32. The first-order valence-corrected chi connectivity index (χ1v) is 3.96. The van der Waals surface area contributed by atoms with Crippen molar-refractivity contribution in [3.63, 3.8) is 0 Å². The summed E-state index contributed by atoms with van der Waals surface area (Å²) in [5.74, 6) is 2.87. The van der Waals surface area contributed by atoms with Crippen molar-refractivity contribution in [1.29, 1.82) is 0 Å². The van der Waals surface area contributed by atoms with Crippen LogP contribution in [-0.4, -0.2) is 23.5 Å². The molecule has 0 aliphatic carbocycles. The maximum atomic E-state index is 5.44. The molecule has 1 heterocycles. The van der Waals surface area contributed by atoms with E-state index in [9.17, 15) is 0 Å². The molecule has 1 unspecified atom stereocenters. The first-order chi connectivity index (χ1) is 4.73. The number of nitrogens with zero attached hydrogens (tertiary/aromatic N) is 1. The van der Waals surface area contributed by atoms with Crippen LogP contribution in [0.5, 0.6) is 0 Å². The standard InChI is InChI=1S/C9H15N/c1-4-9(3)7-6-8-10(9)5-2/h1H,5-8H2,2-3H3. The minimum Gasteiger partial charge on any atom is -0.288 e. The van der Waals surface area contributed by atoms with Gasteiger partial charge in [-0.1, -0.05) is 12.8 Å². The largest absolute Gasteiger partial charge is 0.288 e. The van der Waals surface area contributed by atoms with Crippen molar-refractivity contribution in [3.05, 3.63) is 0 Å². The summed E-state index contributed by atoms with van der Waals surface area (Å²) in [6.45, 7) is 6.59. The highest BCUT2D eigenvalue weighted by atomic mass is 15.2. The van der Waals surface area contributed by atoms with Crippen molar-refractivity contribution < 1.29 is 0 Å². The van der Waals surface area contributed by atoms with Crippen molar-refractivity contribution in [2.45, 2.75) is 32.2 Å². The maximum absolute atomic E-state index is 5.44. The molecule has 0 radical (unpaired) electrons. The normalized spacial score (nSPS) is 34.1. The van der Waals surface area contributed by atoms with E-state index in [1.54, 1.807) is 0 Å². The Morgan fingerprint density at radius 1 is 1.70 bits per heavy atom. The summed E-state index contributed by atoms with van der Waals surface area (Å²) in [5.41, 5.74) is 0.0642. The molecule has 0 amide bonds. The molecule has 1 atom stereocenters.